The molecule has 0 unspecified atom stereocenters. The Kier molecular flexibility index (Phi) is 3.76. The lowest BCUT2D eigenvalue weighted by Gasteiger charge is -2.09. The average Bonchev–Trinajstić information content (AvgIpc) is 2.70. The van der Waals surface area contributed by atoms with Crippen molar-refractivity contribution in [3.63, 3.8) is 0 Å². The van der Waals surface area contributed by atoms with Crippen molar-refractivity contribution in [2.24, 2.45) is 7.05 Å². The highest BCUT2D eigenvalue weighted by Crippen LogP contribution is 2.36. The largest absolute Gasteiger partial charge is 0.494 e. The predicted octanol–water partition coefficient (Wildman–Crippen LogP) is 2.18. The summed E-state index contributed by atoms with van der Waals surface area (Å²) in [6.07, 6.45) is 0. The summed E-state index contributed by atoms with van der Waals surface area (Å²) >= 11 is 0. The summed E-state index contributed by atoms with van der Waals surface area (Å²) in [5.74, 6) is 0.0679. The monoisotopic (exact) mass is 281 g/mol. The molecular weight excluding hydrogens is 264 g/mol. The highest BCUT2D eigenvalue weighted by molar-refractivity contribution is 7.63. The van der Waals surface area contributed by atoms with Gasteiger partial charge < -0.3 is 10.5 Å². The number of halogens is 1. The van der Waals surface area contributed by atoms with Crippen molar-refractivity contribution >= 4 is 19.0 Å². The lowest BCUT2D eigenvalue weighted by molar-refractivity contribution is 0.417. The molecule has 2 N–H and O–H groups in total. The van der Waals surface area contributed by atoms with Gasteiger partial charge in [-0.1, -0.05) is 7.92 Å². The van der Waals surface area contributed by atoms with Gasteiger partial charge >= 0.3 is 0 Å². The highest BCUT2D eigenvalue weighted by atomic mass is 31.1. The second kappa shape index (κ2) is 5.17. The SMILES string of the molecule is COc1c(N)cc(F)cc1-c1cc(P(C)C)n(C)n1. The van der Waals surface area contributed by atoms with Crippen LogP contribution < -0.4 is 15.9 Å². The Morgan fingerprint density at radius 3 is 2.53 bits per heavy atom. The van der Waals surface area contributed by atoms with Crippen LogP contribution in [0.5, 0.6) is 5.75 Å². The molecule has 0 amide bonds. The van der Waals surface area contributed by atoms with Gasteiger partial charge in [-0.05, 0) is 25.5 Å². The minimum atomic E-state index is -0.393. The van der Waals surface area contributed by atoms with Crippen molar-refractivity contribution in [2.45, 2.75) is 0 Å². The van der Waals surface area contributed by atoms with Gasteiger partial charge in [0.15, 0.2) is 5.75 Å². The van der Waals surface area contributed by atoms with Gasteiger partial charge in [0, 0.05) is 18.7 Å². The van der Waals surface area contributed by atoms with Crippen LogP contribution in [0.1, 0.15) is 0 Å². The first-order valence-corrected chi connectivity index (χ1v) is 8.02. The van der Waals surface area contributed by atoms with Crippen LogP contribution in [0.25, 0.3) is 11.3 Å². The van der Waals surface area contributed by atoms with Crippen molar-refractivity contribution in [2.75, 3.05) is 26.2 Å². The van der Waals surface area contributed by atoms with Crippen LogP contribution in [0.2, 0.25) is 0 Å². The normalized spacial score (nSPS) is 11.1. The number of hydrogen-bond donors (Lipinski definition) is 1. The Hall–Kier alpha value is -1.61. The Labute approximate surface area is 113 Å². The van der Waals surface area contributed by atoms with Crippen molar-refractivity contribution in [1.82, 2.24) is 9.78 Å². The van der Waals surface area contributed by atoms with E-state index in [4.69, 9.17) is 10.5 Å². The van der Waals surface area contributed by atoms with E-state index in [9.17, 15) is 4.39 Å². The third kappa shape index (κ3) is 2.56. The van der Waals surface area contributed by atoms with Crippen LogP contribution in [0.15, 0.2) is 18.2 Å². The molecule has 6 heteroatoms. The number of hydrogen-bond acceptors (Lipinski definition) is 3. The van der Waals surface area contributed by atoms with Gasteiger partial charge in [-0.25, -0.2) is 4.39 Å². The van der Waals surface area contributed by atoms with Crippen LogP contribution in [-0.2, 0) is 7.05 Å². The van der Waals surface area contributed by atoms with E-state index in [1.807, 2.05) is 17.8 Å². The van der Waals surface area contributed by atoms with Gasteiger partial charge in [0.1, 0.15) is 5.82 Å². The maximum absolute atomic E-state index is 13.5. The fourth-order valence-electron chi connectivity index (χ4n) is 2.04. The maximum atomic E-state index is 13.5. The molecule has 0 atom stereocenters. The number of nitrogens with zero attached hydrogens (tertiary/aromatic N) is 2. The number of nitrogens with two attached hydrogens (primary N) is 1. The summed E-state index contributed by atoms with van der Waals surface area (Å²) in [5, 5.41) is 4.42. The smallest absolute Gasteiger partial charge is 0.151 e. The fraction of sp³-hybridized carbons (Fsp3) is 0.308. The molecule has 0 fully saturated rings. The number of benzene rings is 1. The lowest BCUT2D eigenvalue weighted by atomic mass is 10.1. The summed E-state index contributed by atoms with van der Waals surface area (Å²) in [5.41, 5.74) is 8.45. The number of aromatic nitrogens is 2. The third-order valence-corrected chi connectivity index (χ3v) is 4.21. The number of methoxy groups -OCH3 is 1. The third-order valence-electron chi connectivity index (χ3n) is 2.88. The highest BCUT2D eigenvalue weighted by Gasteiger charge is 2.16. The van der Waals surface area contributed by atoms with Gasteiger partial charge in [-0.15, -0.1) is 0 Å². The van der Waals surface area contributed by atoms with E-state index in [-0.39, 0.29) is 13.6 Å². The van der Waals surface area contributed by atoms with E-state index in [0.717, 1.165) is 5.44 Å². The number of nitrogen functional groups attached to an aromatic ring is 1. The first kappa shape index (κ1) is 13.8. The Balaban J connectivity index is 2.61. The predicted molar refractivity (Wildman–Crippen MR) is 78.0 cm³/mol. The Morgan fingerprint density at radius 2 is 2.00 bits per heavy atom. The van der Waals surface area contributed by atoms with Gasteiger partial charge in [0.25, 0.3) is 0 Å². The molecule has 1 heterocycles. The molecule has 2 rings (SSSR count). The Morgan fingerprint density at radius 1 is 1.32 bits per heavy atom. The molecule has 0 saturated carbocycles. The van der Waals surface area contributed by atoms with Crippen LogP contribution in [0.4, 0.5) is 10.1 Å². The zero-order valence-corrected chi connectivity index (χ0v) is 12.3. The fourth-order valence-corrected chi connectivity index (χ4v) is 3.04. The lowest BCUT2D eigenvalue weighted by Crippen LogP contribution is -2.10. The van der Waals surface area contributed by atoms with Gasteiger partial charge in [0.05, 0.1) is 23.9 Å². The molecule has 0 aliphatic heterocycles. The maximum Gasteiger partial charge on any atom is 0.151 e. The van der Waals surface area contributed by atoms with Crippen molar-refractivity contribution < 1.29 is 9.13 Å². The molecule has 1 aromatic heterocycles. The second-order valence-corrected chi connectivity index (χ2v) is 6.73. The first-order chi connectivity index (χ1) is 8.93. The average molecular weight is 281 g/mol. The summed E-state index contributed by atoms with van der Waals surface area (Å²) in [4.78, 5) is 0. The van der Waals surface area contributed by atoms with Crippen LogP contribution in [-0.4, -0.2) is 30.2 Å². The molecule has 0 saturated heterocycles. The van der Waals surface area contributed by atoms with Gasteiger partial charge in [0.2, 0.25) is 0 Å². The molecule has 0 bridgehead atoms. The number of anilines is 1. The molecule has 2 aromatic rings. The molecule has 0 aliphatic carbocycles. The van der Waals surface area contributed by atoms with E-state index < -0.39 is 5.82 Å². The number of ether oxygens (including phenoxy) is 1. The molecular formula is C13H17FN3OP. The minimum Gasteiger partial charge on any atom is -0.494 e. The Bertz CT molecular complexity index is 610. The van der Waals surface area contributed by atoms with Crippen LogP contribution in [0.3, 0.4) is 0 Å². The quantitative estimate of drug-likeness (QED) is 0.693. The van der Waals surface area contributed by atoms with E-state index >= 15 is 0 Å². The summed E-state index contributed by atoms with van der Waals surface area (Å²) < 4.78 is 20.6. The molecule has 1 aromatic carbocycles. The van der Waals surface area contributed by atoms with Gasteiger partial charge in [-0.2, -0.15) is 5.10 Å². The second-order valence-electron chi connectivity index (χ2n) is 4.48. The molecule has 0 radical (unpaired) electrons. The van der Waals surface area contributed by atoms with E-state index in [1.165, 1.54) is 19.2 Å². The molecule has 19 heavy (non-hydrogen) atoms. The van der Waals surface area contributed by atoms with Gasteiger partial charge in [-0.3, -0.25) is 4.68 Å². The summed E-state index contributed by atoms with van der Waals surface area (Å²) in [6.45, 7) is 4.29. The minimum absolute atomic E-state index is 0.278. The first-order valence-electron chi connectivity index (χ1n) is 5.78. The van der Waals surface area contributed by atoms with Crippen LogP contribution >= 0.6 is 7.92 Å². The zero-order chi connectivity index (χ0) is 14.2. The van der Waals surface area contributed by atoms with E-state index in [2.05, 4.69) is 18.4 Å². The number of aryl methyl sites for hydroxylation is 1. The standard InChI is InChI=1S/C13H17FN3OP/c1-17-12(19(3)4)7-11(16-17)9-5-8(14)6-10(15)13(9)18-2/h5-7H,15H2,1-4H3. The summed E-state index contributed by atoms with van der Waals surface area (Å²) in [7, 11) is 3.12. The van der Waals surface area contributed by atoms with Crippen LogP contribution in [0, 0.1) is 5.82 Å². The molecule has 4 nitrogen and oxygen atoms in total. The van der Waals surface area contributed by atoms with E-state index in [0.29, 0.717) is 17.0 Å². The molecule has 0 aliphatic rings. The van der Waals surface area contributed by atoms with Crippen molar-refractivity contribution in [3.8, 4) is 17.0 Å². The topological polar surface area (TPSA) is 53.1 Å². The van der Waals surface area contributed by atoms with Crippen molar-refractivity contribution in [1.29, 1.82) is 0 Å². The van der Waals surface area contributed by atoms with E-state index in [1.54, 1.807) is 0 Å². The number of rotatable bonds is 3. The summed E-state index contributed by atoms with van der Waals surface area (Å²) in [6, 6.07) is 4.61. The van der Waals surface area contributed by atoms with Crippen molar-refractivity contribution in [3.05, 3.63) is 24.0 Å². The molecule has 0 spiro atoms. The zero-order valence-electron chi connectivity index (χ0n) is 11.4. The molecule has 102 valence electrons.